The molecule has 0 amide bonds. The van der Waals surface area contributed by atoms with Crippen molar-refractivity contribution < 1.29 is 0 Å². The third-order valence-electron chi connectivity index (χ3n) is 2.21. The van der Waals surface area contributed by atoms with Gasteiger partial charge in [-0.05, 0) is 31.3 Å². The molecule has 8 heavy (non-hydrogen) atoms. The normalized spacial score (nSPS) is 39.8. The second-order valence-corrected chi connectivity index (χ2v) is 2.95. The Morgan fingerprint density at radius 3 is 2.38 bits per heavy atom. The average Bonchev–Trinajstić information content (AvgIpc) is 1.77. The Labute approximate surface area is 51.5 Å². The van der Waals surface area contributed by atoms with Crippen LogP contribution in [0.4, 0.5) is 0 Å². The van der Waals surface area contributed by atoms with Crippen LogP contribution in [0.5, 0.6) is 0 Å². The molecule has 0 aromatic heterocycles. The molecular formula is C7H15N. The van der Waals surface area contributed by atoms with E-state index in [4.69, 9.17) is 0 Å². The zero-order chi connectivity index (χ0) is 5.98. The van der Waals surface area contributed by atoms with E-state index in [2.05, 4.69) is 19.2 Å². The molecule has 1 nitrogen and oxygen atoms in total. The zero-order valence-corrected chi connectivity index (χ0v) is 5.78. The third kappa shape index (κ3) is 1.22. The fourth-order valence-corrected chi connectivity index (χ4v) is 1.15. The molecule has 1 N–H and O–H groups in total. The fourth-order valence-electron chi connectivity index (χ4n) is 1.15. The summed E-state index contributed by atoms with van der Waals surface area (Å²) in [6, 6.07) is 0. The van der Waals surface area contributed by atoms with Crippen molar-refractivity contribution in [3.63, 3.8) is 0 Å². The van der Waals surface area contributed by atoms with E-state index in [0.29, 0.717) is 0 Å². The minimum atomic E-state index is 0.892. The Morgan fingerprint density at radius 2 is 2.00 bits per heavy atom. The van der Waals surface area contributed by atoms with Gasteiger partial charge in [0.1, 0.15) is 0 Å². The molecule has 0 radical (unpaired) electrons. The van der Waals surface area contributed by atoms with Crippen molar-refractivity contribution in [2.75, 3.05) is 13.1 Å². The van der Waals surface area contributed by atoms with E-state index in [0.717, 1.165) is 11.8 Å². The maximum absolute atomic E-state index is 3.36. The first kappa shape index (κ1) is 6.09. The third-order valence-corrected chi connectivity index (χ3v) is 2.21. The second kappa shape index (κ2) is 2.49. The standard InChI is InChI=1S/C7H15N/c1-6-3-4-8-5-7(6)2/h6-8H,3-5H2,1-2H3/t6-,7?/m1/s1. The van der Waals surface area contributed by atoms with Crippen LogP contribution < -0.4 is 5.32 Å². The number of hydrogen-bond acceptors (Lipinski definition) is 1. The quantitative estimate of drug-likeness (QED) is 0.498. The lowest BCUT2D eigenvalue weighted by atomic mass is 9.90. The Kier molecular flexibility index (Phi) is 1.90. The van der Waals surface area contributed by atoms with Crippen LogP contribution in [0.25, 0.3) is 0 Å². The van der Waals surface area contributed by atoms with Crippen LogP contribution in [0, 0.1) is 11.8 Å². The molecule has 48 valence electrons. The topological polar surface area (TPSA) is 12.0 Å². The monoisotopic (exact) mass is 113 g/mol. The lowest BCUT2D eigenvalue weighted by Crippen LogP contribution is -2.33. The minimum absolute atomic E-state index is 0.892. The van der Waals surface area contributed by atoms with Gasteiger partial charge in [-0.1, -0.05) is 13.8 Å². The molecule has 1 heterocycles. The molecule has 0 spiro atoms. The van der Waals surface area contributed by atoms with E-state index in [1.54, 1.807) is 0 Å². The first-order valence-corrected chi connectivity index (χ1v) is 3.51. The van der Waals surface area contributed by atoms with Crippen molar-refractivity contribution in [2.24, 2.45) is 11.8 Å². The van der Waals surface area contributed by atoms with Gasteiger partial charge in [-0.15, -0.1) is 0 Å². The summed E-state index contributed by atoms with van der Waals surface area (Å²) in [6.07, 6.45) is 1.36. The highest BCUT2D eigenvalue weighted by atomic mass is 14.9. The van der Waals surface area contributed by atoms with Crippen molar-refractivity contribution in [3.05, 3.63) is 0 Å². The van der Waals surface area contributed by atoms with Crippen LogP contribution in [0.3, 0.4) is 0 Å². The van der Waals surface area contributed by atoms with E-state index in [-0.39, 0.29) is 0 Å². The molecule has 1 rings (SSSR count). The number of nitrogens with one attached hydrogen (secondary N) is 1. The van der Waals surface area contributed by atoms with Crippen molar-refractivity contribution >= 4 is 0 Å². The van der Waals surface area contributed by atoms with Crippen molar-refractivity contribution in [1.29, 1.82) is 0 Å². The second-order valence-electron chi connectivity index (χ2n) is 2.95. The molecular weight excluding hydrogens is 98.1 g/mol. The predicted octanol–water partition coefficient (Wildman–Crippen LogP) is 1.25. The molecule has 1 saturated heterocycles. The molecule has 2 atom stereocenters. The van der Waals surface area contributed by atoms with Gasteiger partial charge in [-0.2, -0.15) is 0 Å². The Balaban J connectivity index is 2.28. The maximum Gasteiger partial charge on any atom is -0.00206 e. The molecule has 1 aliphatic rings. The number of piperidine rings is 1. The van der Waals surface area contributed by atoms with Crippen molar-refractivity contribution in [1.82, 2.24) is 5.32 Å². The predicted molar refractivity (Wildman–Crippen MR) is 35.8 cm³/mol. The summed E-state index contributed by atoms with van der Waals surface area (Å²) in [5.41, 5.74) is 0. The zero-order valence-electron chi connectivity index (χ0n) is 5.78. The van der Waals surface area contributed by atoms with Gasteiger partial charge in [-0.3, -0.25) is 0 Å². The molecule has 0 aliphatic carbocycles. The van der Waals surface area contributed by atoms with E-state index in [9.17, 15) is 0 Å². The maximum atomic E-state index is 3.36. The van der Waals surface area contributed by atoms with Crippen LogP contribution in [-0.4, -0.2) is 13.1 Å². The number of hydrogen-bond donors (Lipinski definition) is 1. The van der Waals surface area contributed by atoms with Crippen LogP contribution in [-0.2, 0) is 0 Å². The highest BCUT2D eigenvalue weighted by Crippen LogP contribution is 2.16. The smallest absolute Gasteiger partial charge is 0.00206 e. The first-order valence-electron chi connectivity index (χ1n) is 3.51. The Morgan fingerprint density at radius 1 is 1.25 bits per heavy atom. The van der Waals surface area contributed by atoms with Gasteiger partial charge in [-0.25, -0.2) is 0 Å². The highest BCUT2D eigenvalue weighted by molar-refractivity contribution is 4.70. The summed E-state index contributed by atoms with van der Waals surface area (Å²) >= 11 is 0. The summed E-state index contributed by atoms with van der Waals surface area (Å²) in [4.78, 5) is 0. The van der Waals surface area contributed by atoms with E-state index in [1.165, 1.54) is 19.5 Å². The molecule has 1 aliphatic heterocycles. The number of rotatable bonds is 0. The van der Waals surface area contributed by atoms with Gasteiger partial charge >= 0.3 is 0 Å². The largest absolute Gasteiger partial charge is 0.316 e. The summed E-state index contributed by atoms with van der Waals surface area (Å²) in [5, 5.41) is 3.36. The molecule has 0 aromatic rings. The van der Waals surface area contributed by atoms with Gasteiger partial charge in [0.25, 0.3) is 0 Å². The molecule has 1 fully saturated rings. The van der Waals surface area contributed by atoms with Crippen LogP contribution in [0.1, 0.15) is 20.3 Å². The van der Waals surface area contributed by atoms with E-state index in [1.807, 2.05) is 0 Å². The molecule has 1 unspecified atom stereocenters. The van der Waals surface area contributed by atoms with Gasteiger partial charge in [0.05, 0.1) is 0 Å². The average molecular weight is 113 g/mol. The van der Waals surface area contributed by atoms with Crippen LogP contribution >= 0.6 is 0 Å². The minimum Gasteiger partial charge on any atom is -0.316 e. The van der Waals surface area contributed by atoms with Gasteiger partial charge in [0, 0.05) is 0 Å². The van der Waals surface area contributed by atoms with E-state index < -0.39 is 0 Å². The lowest BCUT2D eigenvalue weighted by Gasteiger charge is -2.25. The molecule has 0 bridgehead atoms. The van der Waals surface area contributed by atoms with Gasteiger partial charge < -0.3 is 5.32 Å². The van der Waals surface area contributed by atoms with Gasteiger partial charge in [0.2, 0.25) is 0 Å². The molecule has 0 saturated carbocycles. The van der Waals surface area contributed by atoms with Crippen LogP contribution in [0.15, 0.2) is 0 Å². The van der Waals surface area contributed by atoms with Gasteiger partial charge in [0.15, 0.2) is 0 Å². The Bertz CT molecular complexity index is 60.8. The van der Waals surface area contributed by atoms with Crippen molar-refractivity contribution in [2.45, 2.75) is 20.3 Å². The summed E-state index contributed by atoms with van der Waals surface area (Å²) < 4.78 is 0. The SMILES string of the molecule is CC1CNCC[C@H]1C. The summed E-state index contributed by atoms with van der Waals surface area (Å²) in [5.74, 6) is 1.83. The van der Waals surface area contributed by atoms with E-state index >= 15 is 0 Å². The summed E-state index contributed by atoms with van der Waals surface area (Å²) in [6.45, 7) is 7.11. The first-order chi connectivity index (χ1) is 3.80. The highest BCUT2D eigenvalue weighted by Gasteiger charge is 2.14. The van der Waals surface area contributed by atoms with Crippen LogP contribution in [0.2, 0.25) is 0 Å². The fraction of sp³-hybridized carbons (Fsp3) is 1.00. The molecule has 1 heteroatoms. The summed E-state index contributed by atoms with van der Waals surface area (Å²) in [7, 11) is 0. The lowest BCUT2D eigenvalue weighted by molar-refractivity contribution is 0.295. The molecule has 0 aromatic carbocycles. The Hall–Kier alpha value is -0.0400. The van der Waals surface area contributed by atoms with Crippen molar-refractivity contribution in [3.8, 4) is 0 Å².